The maximum atomic E-state index is 13.1. The molecule has 5 rings (SSSR count). The number of anilines is 1. The van der Waals surface area contributed by atoms with E-state index in [1.54, 1.807) is 17.2 Å². The average molecular weight is 492 g/mol. The summed E-state index contributed by atoms with van der Waals surface area (Å²) in [5.74, 6) is 0.125. The standard InChI is InChI=1S/C26H26ClN5O3/c27-22-14-29-26(30-20-8-10-35-11-9-20)31-24(22)18-6-7-19-15-32(25(34)21(19)12-18)16-23(33)28-13-17-4-2-1-3-5-17/h1-7,12,14,20H,8-11,13,15-16H2,(H,28,33)(H,29,30,31). The third kappa shape index (κ3) is 5.44. The van der Waals surface area contributed by atoms with Crippen LogP contribution in [0.2, 0.25) is 5.02 Å². The number of aromatic nitrogens is 2. The van der Waals surface area contributed by atoms with Gasteiger partial charge in [0.2, 0.25) is 11.9 Å². The van der Waals surface area contributed by atoms with Gasteiger partial charge < -0.3 is 20.3 Å². The number of carbonyl (C=O) groups excluding carboxylic acids is 2. The second kappa shape index (κ2) is 10.4. The van der Waals surface area contributed by atoms with Crippen molar-refractivity contribution in [3.8, 4) is 11.3 Å². The van der Waals surface area contributed by atoms with Crippen LogP contribution in [0.1, 0.15) is 34.3 Å². The quantitative estimate of drug-likeness (QED) is 0.523. The van der Waals surface area contributed by atoms with Crippen molar-refractivity contribution < 1.29 is 14.3 Å². The number of amides is 2. The van der Waals surface area contributed by atoms with Crippen LogP contribution in [0.3, 0.4) is 0 Å². The van der Waals surface area contributed by atoms with Crippen molar-refractivity contribution in [1.29, 1.82) is 0 Å². The highest BCUT2D eigenvalue weighted by Crippen LogP contribution is 2.31. The number of nitrogens with one attached hydrogen (secondary N) is 2. The van der Waals surface area contributed by atoms with Gasteiger partial charge in [0.25, 0.3) is 5.91 Å². The van der Waals surface area contributed by atoms with Crippen molar-refractivity contribution in [3.63, 3.8) is 0 Å². The Bertz CT molecular complexity index is 1230. The first-order valence-electron chi connectivity index (χ1n) is 11.7. The third-order valence-corrected chi connectivity index (χ3v) is 6.50. The van der Waals surface area contributed by atoms with Crippen molar-refractivity contribution in [2.75, 3.05) is 25.1 Å². The van der Waals surface area contributed by atoms with E-state index in [0.717, 1.165) is 29.5 Å². The van der Waals surface area contributed by atoms with E-state index >= 15 is 0 Å². The number of benzene rings is 2. The van der Waals surface area contributed by atoms with Crippen LogP contribution in [0.25, 0.3) is 11.3 Å². The van der Waals surface area contributed by atoms with E-state index in [0.29, 0.717) is 48.5 Å². The van der Waals surface area contributed by atoms with Crippen molar-refractivity contribution in [2.45, 2.75) is 32.0 Å². The molecule has 2 N–H and O–H groups in total. The Hall–Kier alpha value is -3.49. The van der Waals surface area contributed by atoms with Crippen LogP contribution in [-0.2, 0) is 22.6 Å². The van der Waals surface area contributed by atoms with E-state index in [4.69, 9.17) is 16.3 Å². The fraction of sp³-hybridized carbons (Fsp3) is 0.308. The molecule has 3 aromatic rings. The predicted octanol–water partition coefficient (Wildman–Crippen LogP) is 3.66. The molecule has 0 saturated carbocycles. The minimum Gasteiger partial charge on any atom is -0.381 e. The molecule has 1 saturated heterocycles. The molecule has 0 radical (unpaired) electrons. The molecular formula is C26H26ClN5O3. The summed E-state index contributed by atoms with van der Waals surface area (Å²) in [7, 11) is 0. The Kier molecular flexibility index (Phi) is 6.92. The van der Waals surface area contributed by atoms with Crippen LogP contribution in [0.5, 0.6) is 0 Å². The number of ether oxygens (including phenoxy) is 1. The van der Waals surface area contributed by atoms with Gasteiger partial charge in [-0.2, -0.15) is 0 Å². The summed E-state index contributed by atoms with van der Waals surface area (Å²) in [5.41, 5.74) is 3.74. The molecule has 2 aliphatic rings. The monoisotopic (exact) mass is 491 g/mol. The van der Waals surface area contributed by atoms with Gasteiger partial charge in [-0.05, 0) is 30.0 Å². The molecule has 0 unspecified atom stereocenters. The zero-order valence-electron chi connectivity index (χ0n) is 19.2. The zero-order chi connectivity index (χ0) is 24.2. The molecule has 180 valence electrons. The van der Waals surface area contributed by atoms with Gasteiger partial charge in [-0.1, -0.05) is 54.1 Å². The summed E-state index contributed by atoms with van der Waals surface area (Å²) in [6.07, 6.45) is 3.36. The second-order valence-corrected chi connectivity index (χ2v) is 9.12. The number of carbonyl (C=O) groups is 2. The lowest BCUT2D eigenvalue weighted by Crippen LogP contribution is -2.37. The molecule has 2 aliphatic heterocycles. The van der Waals surface area contributed by atoms with E-state index in [9.17, 15) is 9.59 Å². The largest absolute Gasteiger partial charge is 0.381 e. The number of rotatable bonds is 7. The number of fused-ring (bicyclic) bond motifs is 1. The average Bonchev–Trinajstić information content (AvgIpc) is 3.19. The summed E-state index contributed by atoms with van der Waals surface area (Å²) in [4.78, 5) is 36.0. The third-order valence-electron chi connectivity index (χ3n) is 6.23. The molecule has 2 aromatic carbocycles. The first-order valence-corrected chi connectivity index (χ1v) is 12.0. The van der Waals surface area contributed by atoms with Gasteiger partial charge in [0.15, 0.2) is 0 Å². The summed E-state index contributed by atoms with van der Waals surface area (Å²) >= 11 is 6.42. The lowest BCUT2D eigenvalue weighted by atomic mass is 10.0. The van der Waals surface area contributed by atoms with E-state index in [2.05, 4.69) is 20.6 Å². The lowest BCUT2D eigenvalue weighted by Gasteiger charge is -2.23. The molecule has 35 heavy (non-hydrogen) atoms. The number of hydrogen-bond donors (Lipinski definition) is 2. The maximum absolute atomic E-state index is 13.1. The molecular weight excluding hydrogens is 466 g/mol. The zero-order valence-corrected chi connectivity index (χ0v) is 19.9. The maximum Gasteiger partial charge on any atom is 0.254 e. The lowest BCUT2D eigenvalue weighted by molar-refractivity contribution is -0.122. The van der Waals surface area contributed by atoms with Crippen LogP contribution < -0.4 is 10.6 Å². The summed E-state index contributed by atoms with van der Waals surface area (Å²) in [6, 6.07) is 15.5. The van der Waals surface area contributed by atoms with Gasteiger partial charge in [-0.25, -0.2) is 9.97 Å². The molecule has 0 atom stereocenters. The van der Waals surface area contributed by atoms with E-state index in [1.165, 1.54) is 0 Å². The Morgan fingerprint density at radius 3 is 2.74 bits per heavy atom. The van der Waals surface area contributed by atoms with E-state index < -0.39 is 0 Å². The van der Waals surface area contributed by atoms with E-state index in [1.807, 2.05) is 42.5 Å². The highest BCUT2D eigenvalue weighted by molar-refractivity contribution is 6.33. The van der Waals surface area contributed by atoms with Gasteiger partial charge in [0, 0.05) is 43.5 Å². The Morgan fingerprint density at radius 2 is 1.94 bits per heavy atom. The van der Waals surface area contributed by atoms with Crippen molar-refractivity contribution >= 4 is 29.4 Å². The molecule has 2 amide bonds. The Labute approximate surface area is 208 Å². The topological polar surface area (TPSA) is 96.5 Å². The summed E-state index contributed by atoms with van der Waals surface area (Å²) in [6.45, 7) is 2.25. The highest BCUT2D eigenvalue weighted by Gasteiger charge is 2.29. The van der Waals surface area contributed by atoms with Gasteiger partial charge in [-0.3, -0.25) is 9.59 Å². The molecule has 1 aromatic heterocycles. The van der Waals surface area contributed by atoms with Crippen molar-refractivity contribution in [2.24, 2.45) is 0 Å². The number of halogens is 1. The van der Waals surface area contributed by atoms with Crippen LogP contribution in [-0.4, -0.2) is 52.5 Å². The van der Waals surface area contributed by atoms with Crippen LogP contribution >= 0.6 is 11.6 Å². The van der Waals surface area contributed by atoms with Gasteiger partial charge in [0.1, 0.15) is 6.54 Å². The normalized spacial score (nSPS) is 15.7. The number of hydrogen-bond acceptors (Lipinski definition) is 6. The summed E-state index contributed by atoms with van der Waals surface area (Å²) in [5, 5.41) is 6.63. The second-order valence-electron chi connectivity index (χ2n) is 8.72. The minimum absolute atomic E-state index is 0.00309. The van der Waals surface area contributed by atoms with Crippen LogP contribution in [0, 0.1) is 0 Å². The van der Waals surface area contributed by atoms with Gasteiger partial charge in [-0.15, -0.1) is 0 Å². The van der Waals surface area contributed by atoms with Crippen molar-refractivity contribution in [1.82, 2.24) is 20.2 Å². The fourth-order valence-corrected chi connectivity index (χ4v) is 4.53. The molecule has 9 heteroatoms. The van der Waals surface area contributed by atoms with E-state index in [-0.39, 0.29) is 24.4 Å². The Morgan fingerprint density at radius 1 is 1.14 bits per heavy atom. The highest BCUT2D eigenvalue weighted by atomic mass is 35.5. The van der Waals surface area contributed by atoms with Crippen LogP contribution in [0.4, 0.5) is 5.95 Å². The predicted molar refractivity (Wildman–Crippen MR) is 133 cm³/mol. The summed E-state index contributed by atoms with van der Waals surface area (Å²) < 4.78 is 5.41. The molecule has 3 heterocycles. The first kappa shape index (κ1) is 23.3. The van der Waals surface area contributed by atoms with Gasteiger partial charge in [0.05, 0.1) is 16.9 Å². The number of nitrogens with zero attached hydrogens (tertiary/aromatic N) is 3. The molecule has 0 aliphatic carbocycles. The van der Waals surface area contributed by atoms with Crippen LogP contribution in [0.15, 0.2) is 54.7 Å². The van der Waals surface area contributed by atoms with Gasteiger partial charge >= 0.3 is 0 Å². The molecule has 0 bridgehead atoms. The smallest absolute Gasteiger partial charge is 0.254 e. The fourth-order valence-electron chi connectivity index (χ4n) is 4.33. The SMILES string of the molecule is O=C(CN1Cc2ccc(-c3nc(NC4CCOCC4)ncc3Cl)cc2C1=O)NCc1ccccc1. The molecule has 0 spiro atoms. The minimum atomic E-state index is -0.196. The Balaban J connectivity index is 1.27. The van der Waals surface area contributed by atoms with Crippen molar-refractivity contribution in [3.05, 3.63) is 76.4 Å². The molecule has 8 nitrogen and oxygen atoms in total. The first-order chi connectivity index (χ1) is 17.1. The molecule has 1 fully saturated rings.